The summed E-state index contributed by atoms with van der Waals surface area (Å²) in [5, 5.41) is 15.3. The Morgan fingerprint density at radius 1 is 1.45 bits per heavy atom. The highest BCUT2D eigenvalue weighted by Gasteiger charge is 2.18. The minimum absolute atomic E-state index is 0.141. The molecule has 0 atom stereocenters. The maximum Gasteiger partial charge on any atom is 0.296 e. The van der Waals surface area contributed by atoms with Gasteiger partial charge in [-0.25, -0.2) is 0 Å². The Morgan fingerprint density at radius 2 is 2.20 bits per heavy atom. The number of carbonyl (C=O) groups is 1. The molecule has 2 rings (SSSR count). The summed E-state index contributed by atoms with van der Waals surface area (Å²) < 4.78 is 5.91. The molecule has 6 nitrogen and oxygen atoms in total. The van der Waals surface area contributed by atoms with E-state index in [1.807, 2.05) is 0 Å². The van der Waals surface area contributed by atoms with E-state index in [0.717, 1.165) is 2.88 Å². The van der Waals surface area contributed by atoms with Gasteiger partial charge in [0.2, 0.25) is 0 Å². The second-order valence-electron chi connectivity index (χ2n) is 3.73. The van der Waals surface area contributed by atoms with Crippen LogP contribution in [0.1, 0.15) is 10.4 Å². The normalized spacial score (nSPS) is 10.1. The highest BCUT2D eigenvalue weighted by molar-refractivity contribution is 14.1. The number of ether oxygens (including phenoxy) is 1. The SMILES string of the molecule is COc1ccc(NC(=O)c2csc(I)c2)c([N+](=O)[O-])c1. The summed E-state index contributed by atoms with van der Waals surface area (Å²) in [6.45, 7) is 0. The van der Waals surface area contributed by atoms with Gasteiger partial charge in [-0.15, -0.1) is 11.3 Å². The number of rotatable bonds is 4. The predicted molar refractivity (Wildman–Crippen MR) is 84.6 cm³/mol. The molecule has 104 valence electrons. The molecule has 2 aromatic rings. The lowest BCUT2D eigenvalue weighted by Crippen LogP contribution is -2.12. The number of nitro groups is 1. The number of carbonyl (C=O) groups excluding carboxylic acids is 1. The van der Waals surface area contributed by atoms with Gasteiger partial charge in [-0.2, -0.15) is 0 Å². The summed E-state index contributed by atoms with van der Waals surface area (Å²) in [7, 11) is 1.42. The first kappa shape index (κ1) is 14.7. The number of methoxy groups -OCH3 is 1. The predicted octanol–water partition coefficient (Wildman–Crippen LogP) is 3.52. The third-order valence-corrected chi connectivity index (χ3v) is 4.27. The van der Waals surface area contributed by atoms with Crippen molar-refractivity contribution in [2.24, 2.45) is 0 Å². The van der Waals surface area contributed by atoms with E-state index in [-0.39, 0.29) is 17.3 Å². The van der Waals surface area contributed by atoms with Crippen molar-refractivity contribution in [3.8, 4) is 5.75 Å². The van der Waals surface area contributed by atoms with E-state index in [9.17, 15) is 14.9 Å². The first-order chi connectivity index (χ1) is 9.51. The molecular formula is C12H9IN2O4S. The van der Waals surface area contributed by atoms with Gasteiger partial charge in [0.15, 0.2) is 0 Å². The van der Waals surface area contributed by atoms with Gasteiger partial charge in [0.05, 0.1) is 26.5 Å². The number of nitrogens with zero attached hydrogens (tertiary/aromatic N) is 1. The topological polar surface area (TPSA) is 81.5 Å². The third kappa shape index (κ3) is 3.25. The van der Waals surface area contributed by atoms with Crippen molar-refractivity contribution in [3.05, 3.63) is 48.2 Å². The van der Waals surface area contributed by atoms with Crippen molar-refractivity contribution in [2.75, 3.05) is 12.4 Å². The number of halogens is 1. The average Bonchev–Trinajstić information content (AvgIpc) is 2.85. The number of thiophene rings is 1. The van der Waals surface area contributed by atoms with Crippen LogP contribution in [-0.2, 0) is 0 Å². The molecule has 0 aliphatic carbocycles. The van der Waals surface area contributed by atoms with E-state index in [0.29, 0.717) is 11.3 Å². The van der Waals surface area contributed by atoms with Crippen molar-refractivity contribution < 1.29 is 14.5 Å². The zero-order chi connectivity index (χ0) is 14.7. The molecule has 1 aromatic heterocycles. The molecule has 1 aromatic carbocycles. The van der Waals surface area contributed by atoms with Crippen LogP contribution in [0.4, 0.5) is 11.4 Å². The number of nitrogens with one attached hydrogen (secondary N) is 1. The van der Waals surface area contributed by atoms with Crippen LogP contribution in [0.15, 0.2) is 29.6 Å². The number of nitro benzene ring substituents is 1. The molecule has 1 heterocycles. The zero-order valence-electron chi connectivity index (χ0n) is 10.3. The molecule has 0 saturated heterocycles. The molecule has 1 N–H and O–H groups in total. The summed E-state index contributed by atoms with van der Waals surface area (Å²) in [4.78, 5) is 22.4. The fraction of sp³-hybridized carbons (Fsp3) is 0.0833. The smallest absolute Gasteiger partial charge is 0.296 e. The largest absolute Gasteiger partial charge is 0.496 e. The molecule has 0 fully saturated rings. The summed E-state index contributed by atoms with van der Waals surface area (Å²) >= 11 is 3.54. The second-order valence-corrected chi connectivity index (χ2v) is 6.54. The van der Waals surface area contributed by atoms with Crippen molar-refractivity contribution in [1.82, 2.24) is 0 Å². The Balaban J connectivity index is 2.29. The molecule has 0 radical (unpaired) electrons. The van der Waals surface area contributed by atoms with Crippen LogP contribution >= 0.6 is 33.9 Å². The van der Waals surface area contributed by atoms with E-state index >= 15 is 0 Å². The lowest BCUT2D eigenvalue weighted by Gasteiger charge is -2.06. The number of anilines is 1. The zero-order valence-corrected chi connectivity index (χ0v) is 13.2. The first-order valence-electron chi connectivity index (χ1n) is 5.39. The maximum atomic E-state index is 12.0. The molecule has 0 saturated carbocycles. The molecule has 0 aliphatic rings. The van der Waals surface area contributed by atoms with E-state index in [2.05, 4.69) is 27.9 Å². The summed E-state index contributed by atoms with van der Waals surface area (Å²) in [5.74, 6) is -0.0165. The maximum absolute atomic E-state index is 12.0. The van der Waals surface area contributed by atoms with E-state index in [4.69, 9.17) is 4.74 Å². The number of hydrogen-bond donors (Lipinski definition) is 1. The van der Waals surface area contributed by atoms with Gasteiger partial charge in [-0.05, 0) is 40.8 Å². The van der Waals surface area contributed by atoms with Crippen LogP contribution < -0.4 is 10.1 Å². The summed E-state index contributed by atoms with van der Waals surface area (Å²) in [6.07, 6.45) is 0. The Morgan fingerprint density at radius 3 is 2.75 bits per heavy atom. The van der Waals surface area contributed by atoms with E-state index in [1.54, 1.807) is 17.5 Å². The van der Waals surface area contributed by atoms with Crippen LogP contribution in [0, 0.1) is 13.0 Å². The molecule has 0 spiro atoms. The molecule has 0 unspecified atom stereocenters. The molecule has 0 bridgehead atoms. The lowest BCUT2D eigenvalue weighted by atomic mass is 10.2. The Bertz CT molecular complexity index is 671. The average molecular weight is 404 g/mol. The van der Waals surface area contributed by atoms with Crippen LogP contribution in [0.5, 0.6) is 5.75 Å². The van der Waals surface area contributed by atoms with Crippen LogP contribution in [0.2, 0.25) is 0 Å². The first-order valence-corrected chi connectivity index (χ1v) is 7.35. The minimum Gasteiger partial charge on any atom is -0.496 e. The number of benzene rings is 1. The highest BCUT2D eigenvalue weighted by atomic mass is 127. The fourth-order valence-corrected chi connectivity index (χ4v) is 2.85. The van der Waals surface area contributed by atoms with Crippen molar-refractivity contribution >= 4 is 51.2 Å². The van der Waals surface area contributed by atoms with Gasteiger partial charge in [0.1, 0.15) is 11.4 Å². The molecule has 0 aliphatic heterocycles. The van der Waals surface area contributed by atoms with Crippen molar-refractivity contribution in [2.45, 2.75) is 0 Å². The molecular weight excluding hydrogens is 395 g/mol. The number of hydrogen-bond acceptors (Lipinski definition) is 5. The van der Waals surface area contributed by atoms with Gasteiger partial charge < -0.3 is 10.1 Å². The summed E-state index contributed by atoms with van der Waals surface area (Å²) in [6, 6.07) is 6.00. The highest BCUT2D eigenvalue weighted by Crippen LogP contribution is 2.29. The number of amides is 1. The van der Waals surface area contributed by atoms with Gasteiger partial charge in [-0.3, -0.25) is 14.9 Å². The van der Waals surface area contributed by atoms with Crippen LogP contribution in [0.3, 0.4) is 0 Å². The Kier molecular flexibility index (Phi) is 4.55. The monoisotopic (exact) mass is 404 g/mol. The standard InChI is InChI=1S/C12H9IN2O4S/c1-19-8-2-3-9(10(5-8)15(17)18)14-12(16)7-4-11(13)20-6-7/h2-6H,1H3,(H,14,16). The molecule has 1 amide bonds. The van der Waals surface area contributed by atoms with Crippen molar-refractivity contribution in [1.29, 1.82) is 0 Å². The Labute approximate surface area is 132 Å². The lowest BCUT2D eigenvalue weighted by molar-refractivity contribution is -0.384. The molecule has 20 heavy (non-hydrogen) atoms. The van der Waals surface area contributed by atoms with Gasteiger partial charge in [0, 0.05) is 5.38 Å². The quantitative estimate of drug-likeness (QED) is 0.480. The van der Waals surface area contributed by atoms with Crippen LogP contribution in [0.25, 0.3) is 0 Å². The van der Waals surface area contributed by atoms with Crippen molar-refractivity contribution in [3.63, 3.8) is 0 Å². The van der Waals surface area contributed by atoms with Gasteiger partial charge >= 0.3 is 0 Å². The van der Waals surface area contributed by atoms with Crippen LogP contribution in [-0.4, -0.2) is 17.9 Å². The second kappa shape index (κ2) is 6.18. The minimum atomic E-state index is -0.560. The van der Waals surface area contributed by atoms with E-state index in [1.165, 1.54) is 30.6 Å². The van der Waals surface area contributed by atoms with E-state index < -0.39 is 4.92 Å². The Hall–Kier alpha value is -1.68. The third-order valence-electron chi connectivity index (χ3n) is 2.48. The van der Waals surface area contributed by atoms with Gasteiger partial charge in [-0.1, -0.05) is 0 Å². The fourth-order valence-electron chi connectivity index (χ4n) is 1.52. The summed E-state index contributed by atoms with van der Waals surface area (Å²) in [5.41, 5.74) is 0.411. The van der Waals surface area contributed by atoms with Gasteiger partial charge in [0.25, 0.3) is 11.6 Å². The molecule has 8 heteroatoms.